The highest BCUT2D eigenvalue weighted by Gasteiger charge is 2.19. The Hall–Kier alpha value is -1.99. The Morgan fingerprint density at radius 3 is 1.59 bits per heavy atom. The van der Waals surface area contributed by atoms with Crippen molar-refractivity contribution < 1.29 is 0 Å². The normalized spacial score (nSPS) is 10.9. The minimum absolute atomic E-state index is 0. The summed E-state index contributed by atoms with van der Waals surface area (Å²) < 4.78 is 0. The first-order valence-electron chi connectivity index (χ1n) is 9.30. The van der Waals surface area contributed by atoms with Crippen molar-refractivity contribution in [1.29, 1.82) is 0 Å². The minimum atomic E-state index is 0. The number of anilines is 2. The Bertz CT molecular complexity index is 1050. The number of nitrogens with two attached hydrogens (primary N) is 1. The highest BCUT2D eigenvalue weighted by Crippen LogP contribution is 2.41. The molecule has 0 unspecified atom stereocenters. The number of pyridine rings is 2. The first-order chi connectivity index (χ1) is 13.7. The molecule has 0 saturated heterocycles. The third kappa shape index (κ3) is 4.16. The van der Waals surface area contributed by atoms with Crippen molar-refractivity contribution in [3.63, 3.8) is 0 Å². The Labute approximate surface area is 185 Å². The molecule has 0 aliphatic rings. The fourth-order valence-electron chi connectivity index (χ4n) is 3.28. The molecule has 0 radical (unpaired) electrons. The molecule has 4 aromatic rings. The number of hydrogen-bond acceptors (Lipinski definition) is 6. The van der Waals surface area contributed by atoms with Crippen molar-refractivity contribution in [3.8, 4) is 0 Å². The predicted octanol–water partition coefficient (Wildman–Crippen LogP) is 6.44. The van der Waals surface area contributed by atoms with Crippen molar-refractivity contribution in [2.75, 3.05) is 16.5 Å². The molecule has 0 fully saturated rings. The molecule has 0 atom stereocenters. The van der Waals surface area contributed by atoms with Gasteiger partial charge >= 0.3 is 0 Å². The van der Waals surface area contributed by atoms with Gasteiger partial charge in [-0.3, -0.25) is 15.0 Å². The summed E-state index contributed by atoms with van der Waals surface area (Å²) >= 11 is 3.58. The van der Waals surface area contributed by atoms with Gasteiger partial charge in [0.05, 0.1) is 34.8 Å². The van der Waals surface area contributed by atoms with E-state index in [-0.39, 0.29) is 12.4 Å². The summed E-state index contributed by atoms with van der Waals surface area (Å²) in [6, 6.07) is 16.4. The fourth-order valence-corrected chi connectivity index (χ4v) is 5.11. The number of rotatable bonds is 6. The number of benzene rings is 2. The number of halogens is 1. The van der Waals surface area contributed by atoms with Crippen molar-refractivity contribution in [2.24, 2.45) is 5.84 Å². The van der Waals surface area contributed by atoms with Crippen LogP contribution in [0.25, 0.3) is 21.8 Å². The van der Waals surface area contributed by atoms with E-state index in [0.29, 0.717) is 0 Å². The van der Waals surface area contributed by atoms with Crippen LogP contribution in [0, 0.1) is 0 Å². The Kier molecular flexibility index (Phi) is 7.24. The van der Waals surface area contributed by atoms with Crippen molar-refractivity contribution >= 4 is 69.1 Å². The van der Waals surface area contributed by atoms with Gasteiger partial charge in [0.25, 0.3) is 0 Å². The van der Waals surface area contributed by atoms with Crippen LogP contribution in [0.3, 0.4) is 0 Å². The van der Waals surface area contributed by atoms with Gasteiger partial charge in [0.15, 0.2) is 0 Å². The molecule has 0 spiro atoms. The summed E-state index contributed by atoms with van der Waals surface area (Å²) in [5.74, 6) is 8.61. The Morgan fingerprint density at radius 1 is 0.759 bits per heavy atom. The molecule has 0 aliphatic carbocycles. The molecule has 0 aliphatic heterocycles. The molecule has 2 N–H and O–H groups in total. The van der Waals surface area contributed by atoms with Crippen LogP contribution in [0.4, 0.5) is 11.4 Å². The van der Waals surface area contributed by atoms with Crippen molar-refractivity contribution in [3.05, 3.63) is 60.9 Å². The van der Waals surface area contributed by atoms with E-state index in [2.05, 4.69) is 35.9 Å². The van der Waals surface area contributed by atoms with Gasteiger partial charge in [-0.25, -0.2) is 5.84 Å². The lowest BCUT2D eigenvalue weighted by Gasteiger charge is -2.24. The zero-order valence-electron chi connectivity index (χ0n) is 16.3. The Balaban J connectivity index is 0.00000240. The van der Waals surface area contributed by atoms with Gasteiger partial charge in [-0.1, -0.05) is 50.2 Å². The first kappa shape index (κ1) is 21.7. The molecule has 29 heavy (non-hydrogen) atoms. The average molecular weight is 443 g/mol. The summed E-state index contributed by atoms with van der Waals surface area (Å²) in [6.45, 7) is 4.31. The highest BCUT2D eigenvalue weighted by atomic mass is 35.5. The van der Waals surface area contributed by atoms with Gasteiger partial charge in [-0.05, 0) is 23.6 Å². The lowest BCUT2D eigenvalue weighted by molar-refractivity contribution is 1.03. The van der Waals surface area contributed by atoms with Gasteiger partial charge in [-0.15, -0.1) is 35.9 Å². The summed E-state index contributed by atoms with van der Waals surface area (Å²) in [6.07, 6.45) is 3.74. The van der Waals surface area contributed by atoms with E-state index < -0.39 is 0 Å². The second-order valence-electron chi connectivity index (χ2n) is 6.22. The molecular formula is C22H23ClN4S2. The zero-order valence-corrected chi connectivity index (χ0v) is 18.8. The monoisotopic (exact) mass is 442 g/mol. The molecular weight excluding hydrogens is 420 g/mol. The number of thioether (sulfide) groups is 2. The second-order valence-corrected chi connectivity index (χ2v) is 8.76. The molecule has 0 bridgehead atoms. The smallest absolute Gasteiger partial charge is 0.0901 e. The highest BCUT2D eigenvalue weighted by molar-refractivity contribution is 7.99. The minimum Gasteiger partial charge on any atom is -0.274 e. The molecule has 4 nitrogen and oxygen atoms in total. The average Bonchev–Trinajstić information content (AvgIpc) is 2.74. The van der Waals surface area contributed by atoms with Crippen molar-refractivity contribution in [2.45, 2.75) is 23.6 Å². The van der Waals surface area contributed by atoms with E-state index in [0.717, 1.165) is 54.5 Å². The maximum absolute atomic E-state index is 6.69. The van der Waals surface area contributed by atoms with Crippen LogP contribution in [0.1, 0.15) is 13.8 Å². The molecule has 0 amide bonds. The molecule has 7 heteroatoms. The van der Waals surface area contributed by atoms with E-state index in [1.165, 1.54) is 0 Å². The molecule has 2 heterocycles. The van der Waals surface area contributed by atoms with Gasteiger partial charge in [0.2, 0.25) is 0 Å². The summed E-state index contributed by atoms with van der Waals surface area (Å²) in [7, 11) is 0. The number of nitrogens with zero attached hydrogens (tertiary/aromatic N) is 3. The van der Waals surface area contributed by atoms with Crippen LogP contribution < -0.4 is 10.9 Å². The van der Waals surface area contributed by atoms with Gasteiger partial charge in [0.1, 0.15) is 0 Å². The summed E-state index contributed by atoms with van der Waals surface area (Å²) in [5.41, 5.74) is 3.77. The molecule has 2 aromatic heterocycles. The van der Waals surface area contributed by atoms with Crippen LogP contribution in [-0.2, 0) is 0 Å². The van der Waals surface area contributed by atoms with E-state index in [9.17, 15) is 0 Å². The maximum atomic E-state index is 6.69. The van der Waals surface area contributed by atoms with E-state index in [4.69, 9.17) is 5.84 Å². The lowest BCUT2D eigenvalue weighted by atomic mass is 10.2. The van der Waals surface area contributed by atoms with Crippen LogP contribution in [0.5, 0.6) is 0 Å². The predicted molar refractivity (Wildman–Crippen MR) is 130 cm³/mol. The molecule has 0 saturated carbocycles. The van der Waals surface area contributed by atoms with Crippen molar-refractivity contribution in [1.82, 2.24) is 9.97 Å². The first-order valence-corrected chi connectivity index (χ1v) is 11.3. The molecule has 4 rings (SSSR count). The number of para-hydroxylation sites is 2. The lowest BCUT2D eigenvalue weighted by Crippen LogP contribution is -2.26. The SMILES string of the molecule is CCSc1c(N(N)c2cnc3ccccc3c2SCC)cnc2ccccc12.Cl. The van der Waals surface area contributed by atoms with Crippen LogP contribution >= 0.6 is 35.9 Å². The van der Waals surface area contributed by atoms with Crippen LogP contribution in [0.15, 0.2) is 70.7 Å². The standard InChI is InChI=1S/C22H22N4S2.ClH/c1-3-27-21-15-9-5-7-11-17(15)24-13-19(21)26(23)20-14-25-18-12-8-6-10-16(18)22(20)28-4-2;/h5-14H,3-4,23H2,1-2H3;1H. The topological polar surface area (TPSA) is 55.0 Å². The number of aromatic nitrogens is 2. The molecule has 2 aromatic carbocycles. The second kappa shape index (κ2) is 9.67. The zero-order chi connectivity index (χ0) is 19.5. The third-order valence-corrected chi connectivity index (χ3v) is 6.52. The van der Waals surface area contributed by atoms with Crippen LogP contribution in [-0.4, -0.2) is 21.5 Å². The van der Waals surface area contributed by atoms with E-state index >= 15 is 0 Å². The Morgan fingerprint density at radius 2 is 1.17 bits per heavy atom. The van der Waals surface area contributed by atoms with Gasteiger partial charge in [0, 0.05) is 20.6 Å². The van der Waals surface area contributed by atoms with E-state index in [1.807, 2.05) is 48.8 Å². The largest absolute Gasteiger partial charge is 0.274 e. The molecule has 150 valence electrons. The quantitative estimate of drug-likeness (QED) is 0.210. The third-order valence-electron chi connectivity index (χ3n) is 4.51. The van der Waals surface area contributed by atoms with E-state index in [1.54, 1.807) is 28.5 Å². The number of hydrogen-bond donors (Lipinski definition) is 1. The fraction of sp³-hybridized carbons (Fsp3) is 0.182. The summed E-state index contributed by atoms with van der Waals surface area (Å²) in [4.78, 5) is 11.6. The number of hydrazine groups is 1. The number of fused-ring (bicyclic) bond motifs is 2. The maximum Gasteiger partial charge on any atom is 0.0901 e. The summed E-state index contributed by atoms with van der Waals surface area (Å²) in [5, 5.41) is 4.00. The van der Waals surface area contributed by atoms with Gasteiger partial charge < -0.3 is 0 Å². The van der Waals surface area contributed by atoms with Gasteiger partial charge in [-0.2, -0.15) is 0 Å². The van der Waals surface area contributed by atoms with Crippen LogP contribution in [0.2, 0.25) is 0 Å².